The van der Waals surface area contributed by atoms with E-state index in [2.05, 4.69) is 13.8 Å². The molecule has 0 atom stereocenters. The number of hydrogen-bond donors (Lipinski definition) is 0. The SMILES string of the molecule is CCCCCCCCCCCCCCCCCCCCCCOC(=O)CCC(=O)[O-].CCCCCCCCCCCCCCCCCCCCCCOC(=O)CCC(=O)[O-].[Zn+2]. The van der Waals surface area contributed by atoms with Gasteiger partial charge in [0.05, 0.1) is 26.1 Å². The minimum absolute atomic E-state index is 0. The van der Waals surface area contributed by atoms with Crippen LogP contribution in [-0.2, 0) is 48.1 Å². The van der Waals surface area contributed by atoms with Gasteiger partial charge in [-0.1, -0.05) is 258 Å². The number of carbonyl (C=O) groups excluding carboxylic acids is 4. The molecule has 0 aromatic heterocycles. The van der Waals surface area contributed by atoms with Crippen LogP contribution in [0.5, 0.6) is 0 Å². The summed E-state index contributed by atoms with van der Waals surface area (Å²) >= 11 is 0. The molecule has 0 amide bonds. The molecule has 0 spiro atoms. The average molecular weight is 917 g/mol. The van der Waals surface area contributed by atoms with Crippen LogP contribution >= 0.6 is 0 Å². The van der Waals surface area contributed by atoms with Crippen LogP contribution in [-0.4, -0.2) is 37.1 Å². The molecule has 0 aliphatic rings. The van der Waals surface area contributed by atoms with Gasteiger partial charge in [0.25, 0.3) is 0 Å². The first kappa shape index (κ1) is 63.8. The van der Waals surface area contributed by atoms with Crippen LogP contribution in [0.1, 0.15) is 296 Å². The van der Waals surface area contributed by atoms with Crippen LogP contribution < -0.4 is 10.2 Å². The van der Waals surface area contributed by atoms with Crippen LogP contribution in [0.15, 0.2) is 0 Å². The van der Waals surface area contributed by atoms with Gasteiger partial charge < -0.3 is 29.3 Å². The van der Waals surface area contributed by atoms with Crippen molar-refractivity contribution >= 4 is 23.9 Å². The molecular formula is C52H98O8Zn. The zero-order valence-electron chi connectivity index (χ0n) is 40.5. The summed E-state index contributed by atoms with van der Waals surface area (Å²) in [5.41, 5.74) is 0. The van der Waals surface area contributed by atoms with Crippen LogP contribution in [0.4, 0.5) is 0 Å². The number of carbonyl (C=O) groups is 4. The largest absolute Gasteiger partial charge is 2.00 e. The van der Waals surface area contributed by atoms with E-state index in [1.807, 2.05) is 0 Å². The number of carboxylic acid groups (broad SMARTS) is 2. The van der Waals surface area contributed by atoms with Gasteiger partial charge in [-0.05, 0) is 25.7 Å². The Bertz CT molecular complexity index is 842. The Kier molecular flexibility index (Phi) is 59.1. The van der Waals surface area contributed by atoms with E-state index in [1.54, 1.807) is 0 Å². The number of unbranched alkanes of at least 4 members (excludes halogenated alkanes) is 38. The van der Waals surface area contributed by atoms with E-state index in [-0.39, 0.29) is 45.2 Å². The molecule has 0 fully saturated rings. The number of esters is 2. The van der Waals surface area contributed by atoms with Crippen molar-refractivity contribution in [2.45, 2.75) is 296 Å². The van der Waals surface area contributed by atoms with E-state index in [0.29, 0.717) is 13.2 Å². The first-order chi connectivity index (χ1) is 29.3. The Balaban J connectivity index is -0.00000109. The Morgan fingerprint density at radius 2 is 0.443 bits per heavy atom. The van der Waals surface area contributed by atoms with Crippen molar-refractivity contribution in [1.82, 2.24) is 0 Å². The van der Waals surface area contributed by atoms with Gasteiger partial charge in [-0.3, -0.25) is 9.59 Å². The maximum atomic E-state index is 11.2. The van der Waals surface area contributed by atoms with Crippen molar-refractivity contribution in [2.75, 3.05) is 13.2 Å². The normalized spacial score (nSPS) is 10.8. The molecule has 9 heteroatoms. The van der Waals surface area contributed by atoms with Gasteiger partial charge in [0.2, 0.25) is 0 Å². The first-order valence-electron chi connectivity index (χ1n) is 26.0. The molecule has 0 saturated heterocycles. The predicted octanol–water partition coefficient (Wildman–Crippen LogP) is 13.8. The van der Waals surface area contributed by atoms with Crippen molar-refractivity contribution in [3.63, 3.8) is 0 Å². The summed E-state index contributed by atoms with van der Waals surface area (Å²) in [5.74, 6) is -3.27. The third-order valence-electron chi connectivity index (χ3n) is 11.6. The van der Waals surface area contributed by atoms with Crippen LogP contribution in [0.2, 0.25) is 0 Å². The monoisotopic (exact) mass is 915 g/mol. The number of aliphatic carboxylic acids is 2. The summed E-state index contributed by atoms with van der Waals surface area (Å²) < 4.78 is 10.00. The molecular weight excluding hydrogens is 818 g/mol. The maximum Gasteiger partial charge on any atom is 2.00 e. The summed E-state index contributed by atoms with van der Waals surface area (Å²) in [7, 11) is 0. The summed E-state index contributed by atoms with van der Waals surface area (Å²) in [4.78, 5) is 43.0. The Hall–Kier alpha value is -1.50. The van der Waals surface area contributed by atoms with E-state index < -0.39 is 23.9 Å². The first-order valence-corrected chi connectivity index (χ1v) is 26.0. The van der Waals surface area contributed by atoms with E-state index >= 15 is 0 Å². The fourth-order valence-electron chi connectivity index (χ4n) is 7.64. The molecule has 61 heavy (non-hydrogen) atoms. The minimum Gasteiger partial charge on any atom is -0.550 e. The van der Waals surface area contributed by atoms with Crippen molar-refractivity contribution in [2.24, 2.45) is 0 Å². The van der Waals surface area contributed by atoms with E-state index in [9.17, 15) is 29.4 Å². The molecule has 0 bridgehead atoms. The zero-order chi connectivity index (χ0) is 44.3. The molecule has 0 radical (unpaired) electrons. The minimum atomic E-state index is -1.20. The number of carboxylic acids is 2. The van der Waals surface area contributed by atoms with Gasteiger partial charge in [0, 0.05) is 11.9 Å². The third kappa shape index (κ3) is 62.9. The topological polar surface area (TPSA) is 133 Å². The smallest absolute Gasteiger partial charge is 0.550 e. The molecule has 356 valence electrons. The van der Waals surface area contributed by atoms with E-state index in [1.165, 1.54) is 231 Å². The Labute approximate surface area is 390 Å². The van der Waals surface area contributed by atoms with Gasteiger partial charge in [-0.2, -0.15) is 0 Å². The second kappa shape index (κ2) is 56.5. The van der Waals surface area contributed by atoms with Crippen molar-refractivity contribution in [1.29, 1.82) is 0 Å². The standard InChI is InChI=1S/2C26H50O4.Zn/c2*1-2-3-4-5-6-7-8-9-10-11-12-13-14-15-16-17-18-19-20-21-24-30-26(29)23-22-25(27)28;/h2*2-24H2,1H3,(H,27,28);/q;;+2/p-2. The fraction of sp³-hybridized carbons (Fsp3) is 0.923. The summed E-state index contributed by atoms with van der Waals surface area (Å²) in [6.45, 7) is 5.37. The van der Waals surface area contributed by atoms with E-state index in [4.69, 9.17) is 9.47 Å². The van der Waals surface area contributed by atoms with Crippen molar-refractivity contribution in [3.8, 4) is 0 Å². The number of ether oxygens (including phenoxy) is 2. The van der Waals surface area contributed by atoms with Gasteiger partial charge in [-0.25, -0.2) is 0 Å². The predicted molar refractivity (Wildman–Crippen MR) is 246 cm³/mol. The molecule has 0 heterocycles. The molecule has 0 saturated carbocycles. The second-order valence-electron chi connectivity index (χ2n) is 17.6. The Morgan fingerprint density at radius 1 is 0.279 bits per heavy atom. The number of rotatable bonds is 48. The number of hydrogen-bond acceptors (Lipinski definition) is 8. The molecule has 0 unspecified atom stereocenters. The van der Waals surface area contributed by atoms with Crippen molar-refractivity contribution in [3.05, 3.63) is 0 Å². The van der Waals surface area contributed by atoms with Crippen molar-refractivity contribution < 1.29 is 58.3 Å². The molecule has 0 aliphatic heterocycles. The molecule has 0 rings (SSSR count). The van der Waals surface area contributed by atoms with Crippen LogP contribution in [0, 0.1) is 0 Å². The van der Waals surface area contributed by atoms with Crippen LogP contribution in [0.25, 0.3) is 0 Å². The summed E-state index contributed by atoms with van der Waals surface area (Å²) in [6.07, 6.45) is 53.1. The summed E-state index contributed by atoms with van der Waals surface area (Å²) in [6, 6.07) is 0. The fourth-order valence-corrected chi connectivity index (χ4v) is 7.64. The molecule has 0 N–H and O–H groups in total. The molecule has 0 aromatic carbocycles. The molecule has 0 aromatic rings. The maximum absolute atomic E-state index is 11.2. The van der Waals surface area contributed by atoms with E-state index in [0.717, 1.165) is 25.7 Å². The quantitative estimate of drug-likeness (QED) is 0.0335. The van der Waals surface area contributed by atoms with Crippen LogP contribution in [0.3, 0.4) is 0 Å². The third-order valence-corrected chi connectivity index (χ3v) is 11.6. The van der Waals surface area contributed by atoms with Gasteiger partial charge in [-0.15, -0.1) is 0 Å². The molecule has 8 nitrogen and oxygen atoms in total. The van der Waals surface area contributed by atoms with Gasteiger partial charge in [0.1, 0.15) is 0 Å². The molecule has 0 aliphatic carbocycles. The summed E-state index contributed by atoms with van der Waals surface area (Å²) in [5, 5.41) is 20.5. The zero-order valence-corrected chi connectivity index (χ0v) is 43.5. The van der Waals surface area contributed by atoms with Gasteiger partial charge in [0.15, 0.2) is 0 Å². The van der Waals surface area contributed by atoms with Gasteiger partial charge >= 0.3 is 31.4 Å². The second-order valence-corrected chi connectivity index (χ2v) is 17.6. The Morgan fingerprint density at radius 3 is 0.607 bits per heavy atom. The average Bonchev–Trinajstić information content (AvgIpc) is 3.23.